The van der Waals surface area contributed by atoms with Gasteiger partial charge < -0.3 is 0 Å². The van der Waals surface area contributed by atoms with Gasteiger partial charge in [-0.3, -0.25) is 9.47 Å². The Bertz CT molecular complexity index is 910. The van der Waals surface area contributed by atoms with E-state index in [1.54, 1.807) is 0 Å². The molecule has 134 valence electrons. The molecule has 0 bridgehead atoms. The van der Waals surface area contributed by atoms with Crippen molar-refractivity contribution in [3.05, 3.63) is 82.4 Å². The van der Waals surface area contributed by atoms with Crippen molar-refractivity contribution >= 4 is 12.2 Å². The average molecular weight is 365 g/mol. The molecule has 5 heteroatoms. The number of aromatic nitrogens is 3. The molecule has 0 radical (unpaired) electrons. The van der Waals surface area contributed by atoms with Gasteiger partial charge in [-0.1, -0.05) is 60.7 Å². The maximum Gasteiger partial charge on any atom is 0.199 e. The van der Waals surface area contributed by atoms with Gasteiger partial charge in [0.25, 0.3) is 0 Å². The summed E-state index contributed by atoms with van der Waals surface area (Å²) in [6.07, 6.45) is 2.45. The van der Waals surface area contributed by atoms with Gasteiger partial charge in [0.1, 0.15) is 5.82 Å². The Morgan fingerprint density at radius 1 is 1.00 bits per heavy atom. The Kier molecular flexibility index (Phi) is 5.00. The molecule has 3 aromatic rings. The lowest BCUT2D eigenvalue weighted by Gasteiger charge is -2.16. The quantitative estimate of drug-likeness (QED) is 0.580. The second-order valence-corrected chi connectivity index (χ2v) is 7.49. The molecule has 4 nitrogen and oxygen atoms in total. The summed E-state index contributed by atoms with van der Waals surface area (Å²) in [4.78, 5) is 2.25. The molecule has 2 aromatic carbocycles. The normalized spacial score (nSPS) is 14.1. The maximum absolute atomic E-state index is 5.78. The number of hydrogen-bond donors (Lipinski definition) is 0. The average Bonchev–Trinajstić information content (AvgIpc) is 3.45. The van der Waals surface area contributed by atoms with Crippen molar-refractivity contribution in [3.63, 3.8) is 0 Å². The summed E-state index contributed by atoms with van der Waals surface area (Å²) in [6.45, 7) is 2.38. The maximum atomic E-state index is 5.78. The Hall–Kier alpha value is -2.24. The predicted octanol–water partition coefficient (Wildman–Crippen LogP) is 4.43. The van der Waals surface area contributed by atoms with Crippen LogP contribution in [0.4, 0.5) is 0 Å². The minimum Gasteiger partial charge on any atom is -0.299 e. The SMILES string of the molecule is CN(Cc1ccccc1)Cn1nc(C2CC2)n(Cc2ccccc2)c1=S. The fourth-order valence-corrected chi connectivity index (χ4v) is 3.54. The van der Waals surface area contributed by atoms with Gasteiger partial charge in [-0.15, -0.1) is 0 Å². The van der Waals surface area contributed by atoms with Crippen LogP contribution < -0.4 is 0 Å². The Morgan fingerprint density at radius 3 is 2.23 bits per heavy atom. The van der Waals surface area contributed by atoms with E-state index < -0.39 is 0 Å². The van der Waals surface area contributed by atoms with E-state index in [1.165, 1.54) is 24.0 Å². The standard InChI is InChI=1S/C21H24N4S/c1-23(14-17-8-4-2-5-9-17)16-25-21(26)24(20(22-25)19-12-13-19)15-18-10-6-3-7-11-18/h2-11,19H,12-16H2,1H3. The van der Waals surface area contributed by atoms with E-state index in [1.807, 2.05) is 16.8 Å². The van der Waals surface area contributed by atoms with E-state index in [0.717, 1.165) is 23.7 Å². The Morgan fingerprint density at radius 2 is 1.62 bits per heavy atom. The molecule has 0 atom stereocenters. The first kappa shape index (κ1) is 17.2. The highest BCUT2D eigenvalue weighted by Crippen LogP contribution is 2.39. The van der Waals surface area contributed by atoms with Crippen LogP contribution in [0, 0.1) is 4.77 Å². The molecule has 0 amide bonds. The fraction of sp³-hybridized carbons (Fsp3) is 0.333. The minimum atomic E-state index is 0.570. The molecule has 1 fully saturated rings. The number of nitrogens with zero attached hydrogens (tertiary/aromatic N) is 4. The van der Waals surface area contributed by atoms with E-state index in [4.69, 9.17) is 17.3 Å². The second kappa shape index (κ2) is 7.56. The van der Waals surface area contributed by atoms with Crippen molar-refractivity contribution in [2.24, 2.45) is 0 Å². The number of hydrogen-bond acceptors (Lipinski definition) is 3. The van der Waals surface area contributed by atoms with Crippen molar-refractivity contribution in [2.45, 2.75) is 38.5 Å². The molecule has 0 aliphatic heterocycles. The van der Waals surface area contributed by atoms with Gasteiger partial charge in [0.15, 0.2) is 4.77 Å². The Labute approximate surface area is 159 Å². The molecule has 0 unspecified atom stereocenters. The highest BCUT2D eigenvalue weighted by Gasteiger charge is 2.30. The lowest BCUT2D eigenvalue weighted by atomic mass is 10.2. The van der Waals surface area contributed by atoms with E-state index >= 15 is 0 Å². The molecule has 0 spiro atoms. The topological polar surface area (TPSA) is 26.0 Å². The van der Waals surface area contributed by atoms with Gasteiger partial charge in [-0.05, 0) is 43.2 Å². The molecule has 1 aliphatic carbocycles. The Balaban J connectivity index is 1.55. The summed E-state index contributed by atoms with van der Waals surface area (Å²) in [5, 5.41) is 4.88. The van der Waals surface area contributed by atoms with Crippen molar-refractivity contribution in [2.75, 3.05) is 7.05 Å². The molecular weight excluding hydrogens is 340 g/mol. The van der Waals surface area contributed by atoms with E-state index in [-0.39, 0.29) is 0 Å². The van der Waals surface area contributed by atoms with Gasteiger partial charge in [0.2, 0.25) is 0 Å². The third-order valence-electron chi connectivity index (χ3n) is 4.75. The summed E-state index contributed by atoms with van der Waals surface area (Å²) in [6, 6.07) is 21.0. The third kappa shape index (κ3) is 3.94. The van der Waals surface area contributed by atoms with Crippen LogP contribution in [-0.2, 0) is 19.8 Å². The molecule has 1 heterocycles. The van der Waals surface area contributed by atoms with Crippen LogP contribution in [0.25, 0.3) is 0 Å². The van der Waals surface area contributed by atoms with Crippen LogP contribution in [-0.4, -0.2) is 26.3 Å². The summed E-state index contributed by atoms with van der Waals surface area (Å²) < 4.78 is 5.02. The predicted molar refractivity (Wildman–Crippen MR) is 106 cm³/mol. The van der Waals surface area contributed by atoms with Crippen LogP contribution in [0.15, 0.2) is 60.7 Å². The van der Waals surface area contributed by atoms with Gasteiger partial charge in [-0.2, -0.15) is 5.10 Å². The highest BCUT2D eigenvalue weighted by atomic mass is 32.1. The molecule has 0 N–H and O–H groups in total. The van der Waals surface area contributed by atoms with Crippen LogP contribution in [0.2, 0.25) is 0 Å². The molecular formula is C21H24N4S. The van der Waals surface area contributed by atoms with Gasteiger partial charge in [0, 0.05) is 12.5 Å². The van der Waals surface area contributed by atoms with E-state index in [9.17, 15) is 0 Å². The first-order valence-electron chi connectivity index (χ1n) is 9.14. The lowest BCUT2D eigenvalue weighted by molar-refractivity contribution is 0.243. The van der Waals surface area contributed by atoms with Crippen LogP contribution in [0.3, 0.4) is 0 Å². The van der Waals surface area contributed by atoms with E-state index in [0.29, 0.717) is 12.6 Å². The minimum absolute atomic E-state index is 0.570. The molecule has 1 aliphatic rings. The third-order valence-corrected chi connectivity index (χ3v) is 5.18. The summed E-state index contributed by atoms with van der Waals surface area (Å²) in [5.41, 5.74) is 2.57. The molecule has 4 rings (SSSR count). The van der Waals surface area contributed by atoms with Gasteiger partial charge in [-0.25, -0.2) is 4.68 Å². The van der Waals surface area contributed by atoms with Crippen LogP contribution in [0.5, 0.6) is 0 Å². The first-order chi connectivity index (χ1) is 12.7. The van der Waals surface area contributed by atoms with Crippen molar-refractivity contribution in [1.82, 2.24) is 19.2 Å². The fourth-order valence-electron chi connectivity index (χ4n) is 3.28. The zero-order valence-electron chi connectivity index (χ0n) is 15.1. The second-order valence-electron chi connectivity index (χ2n) is 7.13. The van der Waals surface area contributed by atoms with Crippen molar-refractivity contribution < 1.29 is 0 Å². The monoisotopic (exact) mass is 364 g/mol. The van der Waals surface area contributed by atoms with Crippen LogP contribution in [0.1, 0.15) is 35.7 Å². The van der Waals surface area contributed by atoms with Gasteiger partial charge in [0.05, 0.1) is 13.2 Å². The van der Waals surface area contributed by atoms with E-state index in [2.05, 4.69) is 65.0 Å². The van der Waals surface area contributed by atoms with Crippen LogP contribution >= 0.6 is 12.2 Å². The van der Waals surface area contributed by atoms with Gasteiger partial charge >= 0.3 is 0 Å². The lowest BCUT2D eigenvalue weighted by Crippen LogP contribution is -2.22. The highest BCUT2D eigenvalue weighted by molar-refractivity contribution is 7.71. The molecule has 0 saturated heterocycles. The number of benzene rings is 2. The first-order valence-corrected chi connectivity index (χ1v) is 9.55. The summed E-state index contributed by atoms with van der Waals surface area (Å²) in [5.74, 6) is 1.72. The largest absolute Gasteiger partial charge is 0.299 e. The zero-order valence-corrected chi connectivity index (χ0v) is 15.9. The summed E-state index contributed by atoms with van der Waals surface area (Å²) >= 11 is 5.78. The summed E-state index contributed by atoms with van der Waals surface area (Å²) in [7, 11) is 2.11. The number of rotatable bonds is 7. The molecule has 1 aromatic heterocycles. The molecule has 26 heavy (non-hydrogen) atoms. The molecule has 1 saturated carbocycles. The van der Waals surface area contributed by atoms with Crippen molar-refractivity contribution in [1.29, 1.82) is 0 Å². The smallest absolute Gasteiger partial charge is 0.199 e. The van der Waals surface area contributed by atoms with Crippen molar-refractivity contribution in [3.8, 4) is 0 Å². The zero-order chi connectivity index (χ0) is 17.9.